The lowest BCUT2D eigenvalue weighted by Crippen LogP contribution is -2.45. The molecule has 0 aliphatic heterocycles. The largest absolute Gasteiger partial charge is 0.405 e. The first-order valence-electron chi connectivity index (χ1n) is 6.33. The van der Waals surface area contributed by atoms with E-state index in [1.807, 2.05) is 25.9 Å². The van der Waals surface area contributed by atoms with Crippen molar-refractivity contribution in [3.63, 3.8) is 0 Å². The van der Waals surface area contributed by atoms with Crippen molar-refractivity contribution in [2.45, 2.75) is 58.9 Å². The number of nitrogens with zero attached hydrogens (tertiary/aromatic N) is 2. The van der Waals surface area contributed by atoms with Crippen LogP contribution in [0, 0.1) is 0 Å². The molecule has 0 saturated carbocycles. The van der Waals surface area contributed by atoms with E-state index in [1.54, 1.807) is 6.92 Å². The molecule has 106 valence electrons. The molecule has 0 aliphatic carbocycles. The van der Waals surface area contributed by atoms with Crippen molar-refractivity contribution in [2.75, 3.05) is 14.1 Å². The van der Waals surface area contributed by atoms with Gasteiger partial charge in [-0.1, -0.05) is 20.8 Å². The van der Waals surface area contributed by atoms with Crippen LogP contribution in [-0.2, 0) is 9.22 Å². The van der Waals surface area contributed by atoms with Gasteiger partial charge in [0.1, 0.15) is 11.9 Å². The second-order valence-corrected chi connectivity index (χ2v) is 11.2. The number of carbonyl (C=O) groups is 1. The van der Waals surface area contributed by atoms with Crippen LogP contribution in [0.3, 0.4) is 0 Å². The fourth-order valence-corrected chi connectivity index (χ4v) is 2.36. The van der Waals surface area contributed by atoms with Gasteiger partial charge in [0.05, 0.1) is 0 Å². The molecule has 0 unspecified atom stereocenters. The van der Waals surface area contributed by atoms with E-state index in [-0.39, 0.29) is 10.9 Å². The number of aliphatic imine (C=N–C) groups is 1. The van der Waals surface area contributed by atoms with Gasteiger partial charge in [0, 0.05) is 14.1 Å². The third-order valence-electron chi connectivity index (χ3n) is 3.54. The lowest BCUT2D eigenvalue weighted by molar-refractivity contribution is -0.124. The van der Waals surface area contributed by atoms with Gasteiger partial charge < -0.3 is 9.33 Å². The van der Waals surface area contributed by atoms with Gasteiger partial charge in [0.25, 0.3) is 5.91 Å². The Bertz CT molecular complexity index is 330. The predicted molar refractivity (Wildman–Crippen MR) is 79.5 cm³/mol. The highest BCUT2D eigenvalue weighted by Crippen LogP contribution is 2.37. The molecule has 5 heteroatoms. The first kappa shape index (κ1) is 17.3. The number of hydrogen-bond donors (Lipinski definition) is 0. The van der Waals surface area contributed by atoms with Crippen LogP contribution in [0.4, 0.5) is 0 Å². The molecule has 0 bridgehead atoms. The fraction of sp³-hybridized carbons (Fsp3) is 0.846. The van der Waals surface area contributed by atoms with Gasteiger partial charge in [-0.2, -0.15) is 4.99 Å². The number of amidine groups is 1. The summed E-state index contributed by atoms with van der Waals surface area (Å²) in [4.78, 5) is 17.8. The van der Waals surface area contributed by atoms with E-state index >= 15 is 0 Å². The second-order valence-electron chi connectivity index (χ2n) is 6.41. The molecule has 0 aliphatic rings. The molecule has 18 heavy (non-hydrogen) atoms. The SMILES string of the molecule is C/C(=N\C(=O)[C@H](C)O[Si](C)(C)C(C)(C)C)N(C)C. The number of carbonyl (C=O) groups excluding carboxylic acids is 1. The van der Waals surface area contributed by atoms with Gasteiger partial charge in [-0.25, -0.2) is 0 Å². The van der Waals surface area contributed by atoms with Gasteiger partial charge in [-0.3, -0.25) is 4.79 Å². The molecule has 0 saturated heterocycles. The molecule has 4 nitrogen and oxygen atoms in total. The van der Waals surface area contributed by atoms with Crippen molar-refractivity contribution in [2.24, 2.45) is 4.99 Å². The van der Waals surface area contributed by atoms with Crippen LogP contribution in [0.15, 0.2) is 4.99 Å². The molecule has 0 heterocycles. The zero-order chi connectivity index (χ0) is 14.7. The van der Waals surface area contributed by atoms with Crippen LogP contribution in [0.1, 0.15) is 34.6 Å². The fourth-order valence-electron chi connectivity index (χ4n) is 1.02. The van der Waals surface area contributed by atoms with Crippen molar-refractivity contribution in [3.8, 4) is 0 Å². The van der Waals surface area contributed by atoms with Gasteiger partial charge >= 0.3 is 0 Å². The van der Waals surface area contributed by atoms with E-state index in [1.165, 1.54) is 0 Å². The molecule has 0 fully saturated rings. The Balaban J connectivity index is 4.75. The summed E-state index contributed by atoms with van der Waals surface area (Å²) in [5, 5.41) is 0.0991. The van der Waals surface area contributed by atoms with Gasteiger partial charge in [-0.15, -0.1) is 0 Å². The second kappa shape index (κ2) is 5.97. The summed E-state index contributed by atoms with van der Waals surface area (Å²) in [6.07, 6.45) is -0.471. The van der Waals surface area contributed by atoms with E-state index in [9.17, 15) is 4.79 Å². The van der Waals surface area contributed by atoms with Crippen LogP contribution >= 0.6 is 0 Å². The highest BCUT2D eigenvalue weighted by Gasteiger charge is 2.39. The van der Waals surface area contributed by atoms with Crippen molar-refractivity contribution in [1.29, 1.82) is 0 Å². The summed E-state index contributed by atoms with van der Waals surface area (Å²) in [5.41, 5.74) is 0. The minimum atomic E-state index is -1.91. The van der Waals surface area contributed by atoms with E-state index < -0.39 is 14.4 Å². The summed E-state index contributed by atoms with van der Waals surface area (Å²) in [6, 6.07) is 0. The van der Waals surface area contributed by atoms with Crippen molar-refractivity contribution >= 4 is 20.1 Å². The van der Waals surface area contributed by atoms with E-state index in [4.69, 9.17) is 4.43 Å². The van der Waals surface area contributed by atoms with Crippen LogP contribution in [0.2, 0.25) is 18.1 Å². The van der Waals surface area contributed by atoms with Gasteiger partial charge in [0.2, 0.25) is 0 Å². The molecule has 0 radical (unpaired) electrons. The Morgan fingerprint density at radius 3 is 2.06 bits per heavy atom. The van der Waals surface area contributed by atoms with Crippen LogP contribution in [0.5, 0.6) is 0 Å². The van der Waals surface area contributed by atoms with Crippen LogP contribution < -0.4 is 0 Å². The standard InChI is InChI=1S/C13H28N2O2Si/c1-10(12(16)14-11(2)15(6)7)17-18(8,9)13(3,4)5/h10H,1-9H3/b14-11+/t10-/m0/s1. The summed E-state index contributed by atoms with van der Waals surface area (Å²) in [6.45, 7) is 14.4. The average molecular weight is 272 g/mol. The third-order valence-corrected chi connectivity index (χ3v) is 8.10. The van der Waals surface area contributed by atoms with Crippen molar-refractivity contribution < 1.29 is 9.22 Å². The van der Waals surface area contributed by atoms with Crippen LogP contribution in [0.25, 0.3) is 0 Å². The zero-order valence-corrected chi connectivity index (χ0v) is 14.3. The Morgan fingerprint density at radius 1 is 1.28 bits per heavy atom. The van der Waals surface area contributed by atoms with E-state index in [2.05, 4.69) is 38.9 Å². The van der Waals surface area contributed by atoms with Crippen molar-refractivity contribution in [3.05, 3.63) is 0 Å². The molecule has 1 atom stereocenters. The van der Waals surface area contributed by atoms with E-state index in [0.29, 0.717) is 5.84 Å². The lowest BCUT2D eigenvalue weighted by atomic mass is 10.2. The van der Waals surface area contributed by atoms with Crippen molar-refractivity contribution in [1.82, 2.24) is 4.90 Å². The molecule has 0 aromatic carbocycles. The van der Waals surface area contributed by atoms with Gasteiger partial charge in [0.15, 0.2) is 8.32 Å². The van der Waals surface area contributed by atoms with Gasteiger partial charge in [-0.05, 0) is 32.0 Å². The number of hydrogen-bond acceptors (Lipinski definition) is 2. The minimum absolute atomic E-state index is 0.0991. The average Bonchev–Trinajstić information content (AvgIpc) is 2.14. The normalized spacial score (nSPS) is 15.5. The summed E-state index contributed by atoms with van der Waals surface area (Å²) >= 11 is 0. The Hall–Kier alpha value is -0.683. The summed E-state index contributed by atoms with van der Waals surface area (Å²) < 4.78 is 6.01. The maximum Gasteiger partial charge on any atom is 0.274 e. The quantitative estimate of drug-likeness (QED) is 0.451. The maximum atomic E-state index is 11.9. The van der Waals surface area contributed by atoms with E-state index in [0.717, 1.165) is 0 Å². The molecule has 0 spiro atoms. The monoisotopic (exact) mass is 272 g/mol. The highest BCUT2D eigenvalue weighted by molar-refractivity contribution is 6.74. The molecule has 1 amide bonds. The zero-order valence-electron chi connectivity index (χ0n) is 13.3. The Kier molecular flexibility index (Phi) is 5.75. The van der Waals surface area contributed by atoms with Crippen LogP contribution in [-0.4, -0.2) is 45.2 Å². The molecular weight excluding hydrogens is 244 g/mol. The topological polar surface area (TPSA) is 41.9 Å². The molecule has 0 N–H and O–H groups in total. The molecule has 0 aromatic rings. The number of amides is 1. The maximum absolute atomic E-state index is 11.9. The summed E-state index contributed by atoms with van der Waals surface area (Å²) in [7, 11) is 1.82. The first-order chi connectivity index (χ1) is 7.88. The molecular formula is C13H28N2O2Si. The third kappa shape index (κ3) is 4.90. The predicted octanol–water partition coefficient (Wildman–Crippen LogP) is 2.90. The Labute approximate surface area is 113 Å². The smallest absolute Gasteiger partial charge is 0.274 e. The highest BCUT2D eigenvalue weighted by atomic mass is 28.4. The summed E-state index contributed by atoms with van der Waals surface area (Å²) in [5.74, 6) is 0.497. The Morgan fingerprint density at radius 2 is 1.72 bits per heavy atom. The lowest BCUT2D eigenvalue weighted by Gasteiger charge is -2.37. The molecule has 0 rings (SSSR count). The molecule has 0 aromatic heterocycles. The first-order valence-corrected chi connectivity index (χ1v) is 9.23. The minimum Gasteiger partial charge on any atom is -0.405 e. The number of rotatable bonds is 3.